The van der Waals surface area contributed by atoms with Gasteiger partial charge in [-0.15, -0.1) is 39.5 Å². The number of fused-ring (bicyclic) bond motifs is 10. The summed E-state index contributed by atoms with van der Waals surface area (Å²) in [7, 11) is -49.1. The fourth-order valence-electron chi connectivity index (χ4n) is 7.07. The predicted molar refractivity (Wildman–Crippen MR) is 307 cm³/mol. The van der Waals surface area contributed by atoms with Crippen LogP contribution in [0.2, 0.25) is 0 Å². The third-order valence-electron chi connectivity index (χ3n) is 10.9. The maximum absolute atomic E-state index is 13.4. The van der Waals surface area contributed by atoms with Gasteiger partial charge < -0.3 is 80.7 Å². The molecule has 5 rings (SSSR count). The quantitative estimate of drug-likeness (QED) is 0.0275. The van der Waals surface area contributed by atoms with Gasteiger partial charge in [0.15, 0.2) is 0 Å². The lowest BCUT2D eigenvalue weighted by Gasteiger charge is -2.60. The van der Waals surface area contributed by atoms with Crippen molar-refractivity contribution in [2.24, 2.45) is 0 Å². The number of esters is 4. The first-order chi connectivity index (χ1) is 36.8. The van der Waals surface area contributed by atoms with Crippen LogP contribution in [-0.4, -0.2) is 158 Å². The molecule has 5 aliphatic rings. The van der Waals surface area contributed by atoms with Crippen molar-refractivity contribution >= 4 is 153 Å². The molecule has 0 N–H and O–H groups in total. The number of ether oxygens (including phenoxy) is 4. The summed E-state index contributed by atoms with van der Waals surface area (Å²) in [6, 6.07) is 0. The molecule has 5 saturated heterocycles. The van der Waals surface area contributed by atoms with Crippen molar-refractivity contribution in [1.29, 1.82) is 0 Å². The maximum Gasteiger partial charge on any atom is 0.552 e. The highest BCUT2D eigenvalue weighted by molar-refractivity contribution is 8.30. The number of rotatable bonds is 34. The molecule has 0 aromatic carbocycles. The van der Waals surface area contributed by atoms with E-state index in [1.807, 2.05) is 27.7 Å². The molecule has 37 heteroatoms. The second-order valence-corrected chi connectivity index (χ2v) is 55.3. The molecular formula is C40H70O23S4Si10. The molecule has 0 saturated carbocycles. The van der Waals surface area contributed by atoms with Gasteiger partial charge in [0.1, 0.15) is 0 Å². The van der Waals surface area contributed by atoms with Gasteiger partial charge in [-0.2, -0.15) is 0 Å². The second-order valence-electron chi connectivity index (χ2n) is 17.1. The number of hydrogen-bond acceptors (Lipinski definition) is 27. The predicted octanol–water partition coefficient (Wildman–Crippen LogP) is 6.91. The van der Waals surface area contributed by atoms with Crippen molar-refractivity contribution in [2.75, 3.05) is 49.4 Å². The molecule has 0 spiro atoms. The fourth-order valence-corrected chi connectivity index (χ4v) is 79.6. The van der Waals surface area contributed by atoms with E-state index < -0.39 is 109 Å². The Hall–Kier alpha value is -0.711. The van der Waals surface area contributed by atoms with Gasteiger partial charge in [0.2, 0.25) is 0 Å². The Morgan fingerprint density at radius 2 is 0.506 bits per heavy atom. The summed E-state index contributed by atoms with van der Waals surface area (Å²) in [6.45, 7) is 33.7. The van der Waals surface area contributed by atoms with E-state index in [-0.39, 0.29) is 75.1 Å². The minimum absolute atomic E-state index is 0.0626. The highest BCUT2D eigenvalue weighted by atomic mass is 32.4. The fraction of sp³-hybridized carbons (Fsp3) is 0.600. The molecule has 0 amide bonds. The van der Waals surface area contributed by atoms with E-state index in [4.69, 9.17) is 80.7 Å². The summed E-state index contributed by atoms with van der Waals surface area (Å²) >= 11 is 3.76. The average Bonchev–Trinajstić information content (AvgIpc) is 3.57. The van der Waals surface area contributed by atoms with Crippen LogP contribution in [0.5, 0.6) is 0 Å². The third-order valence-corrected chi connectivity index (χ3v) is 65.2. The summed E-state index contributed by atoms with van der Waals surface area (Å²) in [5.74, 6) is -2.36. The van der Waals surface area contributed by atoms with Gasteiger partial charge in [0.25, 0.3) is 0 Å². The standard InChI is InChI=1S/C40H70O23S4Si10/c1-11-21-29-45-37(41)25-33-64-74-56-70(17-7)50-68(15-5)49-69(16-6)51-71(18-8,57-74)53-73(20-10)59-76(55-69,66-35-27-39(43)47-31-23-13-3)63-75(54-68,65-34-26-38(42)46-30-22-12-2)58-72(19-9,52-70)60-77(61-73,62-74)67-36-28-40(44)48-32-24-14-4/h15-20H,5-14,21-36H2,1-4H3. The van der Waals surface area contributed by atoms with Gasteiger partial charge in [-0.25, -0.2) is 0 Å². The molecule has 77 heavy (non-hydrogen) atoms. The first-order valence-electron chi connectivity index (χ1n) is 25.3. The zero-order valence-corrected chi connectivity index (χ0v) is 57.1. The first-order valence-corrected chi connectivity index (χ1v) is 49.9. The van der Waals surface area contributed by atoms with Crippen LogP contribution in [0.15, 0.2) is 73.7 Å². The third kappa shape index (κ3) is 16.8. The minimum Gasteiger partial charge on any atom is -0.466 e. The molecule has 8 unspecified atom stereocenters. The van der Waals surface area contributed by atoms with E-state index in [1.54, 1.807) is 0 Å². The SMILES string of the molecule is C=C[Si]12O[Si]3(C=C)O[Si]4(C=C)O[Si]5(C=C)O[Si]6(C=C)O[Si](SCCC(=O)OCCCC)(O4)O[Si](SCCC(=O)OCCCC)(O3)O[Si](C=C)(O1)O[Si](SCCC(=O)OCCCC)(O6)O[Si](SCCC(=O)OCCCC)(O2)O5. The highest BCUT2D eigenvalue weighted by Gasteiger charge is 2.84. The molecule has 23 nitrogen and oxygen atoms in total. The number of unbranched alkanes of at least 4 members (excludes halogenated alkanes) is 4. The van der Waals surface area contributed by atoms with Crippen molar-refractivity contribution in [2.45, 2.75) is 105 Å². The van der Waals surface area contributed by atoms with Crippen LogP contribution in [0.3, 0.4) is 0 Å². The van der Waals surface area contributed by atoms with Gasteiger partial charge in [0, 0.05) is 23.0 Å². The maximum atomic E-state index is 13.4. The largest absolute Gasteiger partial charge is 0.552 e. The van der Waals surface area contributed by atoms with Crippen LogP contribution in [0.4, 0.5) is 0 Å². The van der Waals surface area contributed by atoms with Crippen LogP contribution in [0.25, 0.3) is 0 Å². The summed E-state index contributed by atoms with van der Waals surface area (Å²) in [4.78, 5) is 53.3. The summed E-state index contributed by atoms with van der Waals surface area (Å²) in [5.41, 5.74) is 7.69. The first kappa shape index (κ1) is 65.4. The lowest BCUT2D eigenvalue weighted by molar-refractivity contribution is -0.144. The highest BCUT2D eigenvalue weighted by Crippen LogP contribution is 2.55. The van der Waals surface area contributed by atoms with Crippen LogP contribution in [-0.2, 0) is 99.9 Å². The van der Waals surface area contributed by atoms with Crippen molar-refractivity contribution in [1.82, 2.24) is 0 Å². The van der Waals surface area contributed by atoms with Gasteiger partial charge in [-0.3, -0.25) is 19.2 Å². The van der Waals surface area contributed by atoms with Crippen molar-refractivity contribution < 1.29 is 99.9 Å². The van der Waals surface area contributed by atoms with E-state index in [9.17, 15) is 19.2 Å². The molecule has 5 heterocycles. The summed E-state index contributed by atoms with van der Waals surface area (Å²) < 4.78 is 131. The molecule has 8 atom stereocenters. The Morgan fingerprint density at radius 1 is 0.325 bits per heavy atom. The zero-order valence-electron chi connectivity index (χ0n) is 43.9. The lowest BCUT2D eigenvalue weighted by Crippen LogP contribution is -2.86. The topological polar surface area (TPSA) is 244 Å². The summed E-state index contributed by atoms with van der Waals surface area (Å²) in [5, 5.41) is 0. The Balaban J connectivity index is 1.65. The van der Waals surface area contributed by atoms with E-state index >= 15 is 0 Å². The number of hydrogen-bond donors (Lipinski definition) is 0. The smallest absolute Gasteiger partial charge is 0.466 e. The summed E-state index contributed by atoms with van der Waals surface area (Å²) in [6.07, 6.45) is 5.11. The van der Waals surface area contributed by atoms with Crippen LogP contribution in [0, 0.1) is 0 Å². The molecule has 0 radical (unpaired) electrons. The van der Waals surface area contributed by atoms with Crippen LogP contribution < -0.4 is 0 Å². The van der Waals surface area contributed by atoms with Gasteiger partial charge in [-0.05, 0) is 59.9 Å². The molecule has 5 aliphatic heterocycles. The second kappa shape index (κ2) is 28.7. The molecule has 0 aromatic rings. The van der Waals surface area contributed by atoms with Crippen molar-refractivity contribution in [3.05, 3.63) is 73.7 Å². The Bertz CT molecular complexity index is 2040. The molecule has 0 aliphatic carbocycles. The van der Waals surface area contributed by atoms with Gasteiger partial charge in [-0.1, -0.05) is 98.2 Å². The van der Waals surface area contributed by atoms with Crippen molar-refractivity contribution in [3.63, 3.8) is 0 Å². The lowest BCUT2D eigenvalue weighted by atomic mass is 10.4. The Morgan fingerprint density at radius 3 is 0.675 bits per heavy atom. The number of carbonyl (C=O) groups excluding carboxylic acids is 4. The molecule has 10 bridgehead atoms. The monoisotopic (exact) mass is 1330 g/mol. The van der Waals surface area contributed by atoms with Gasteiger partial charge in [0.05, 0.1) is 52.1 Å². The van der Waals surface area contributed by atoms with Crippen LogP contribution in [0.1, 0.15) is 105 Å². The van der Waals surface area contributed by atoms with E-state index in [1.165, 1.54) is 34.2 Å². The zero-order chi connectivity index (χ0) is 56.0. The average molecular weight is 1330 g/mol. The Kier molecular flexibility index (Phi) is 24.4. The molecular weight excluding hydrogens is 1260 g/mol. The van der Waals surface area contributed by atoms with E-state index in [2.05, 4.69) is 39.5 Å². The molecule has 432 valence electrons. The normalized spacial score (nSPS) is 35.7. The van der Waals surface area contributed by atoms with Gasteiger partial charge >= 0.3 is 109 Å². The van der Waals surface area contributed by atoms with E-state index in [0.29, 0.717) is 25.7 Å². The molecule has 5 fully saturated rings. The molecule has 0 aromatic heterocycles. The Labute approximate surface area is 477 Å². The number of carbonyl (C=O) groups is 4. The van der Waals surface area contributed by atoms with E-state index in [0.717, 1.165) is 70.5 Å². The van der Waals surface area contributed by atoms with Crippen molar-refractivity contribution in [3.8, 4) is 0 Å². The van der Waals surface area contributed by atoms with Crippen LogP contribution >= 0.6 is 44.8 Å². The minimum atomic E-state index is -4.97.